The fraction of sp³-hybridized carbons (Fsp3) is 0.800. The molecule has 0 bridgehead atoms. The topological polar surface area (TPSA) is 63.4 Å². The lowest BCUT2D eigenvalue weighted by molar-refractivity contribution is -0.143. The first-order valence-corrected chi connectivity index (χ1v) is 4.76. The Labute approximate surface area is 85.4 Å². The van der Waals surface area contributed by atoms with Gasteiger partial charge in [-0.2, -0.15) is 0 Å². The van der Waals surface area contributed by atoms with Gasteiger partial charge >= 0.3 is 0 Å². The molecule has 4 nitrogen and oxygen atoms in total. The molecule has 0 saturated carbocycles. The van der Waals surface area contributed by atoms with Gasteiger partial charge in [0.05, 0.1) is 0 Å². The molecule has 82 valence electrons. The van der Waals surface area contributed by atoms with Crippen molar-refractivity contribution in [3.05, 3.63) is 0 Å². The maximum absolute atomic E-state index is 11.6. The van der Waals surface area contributed by atoms with E-state index in [1.165, 1.54) is 4.90 Å². The number of nitrogens with zero attached hydrogens (tertiary/aromatic N) is 1. The third kappa shape index (κ3) is 3.01. The predicted octanol–water partition coefficient (Wildman–Crippen LogP) is 0.755. The van der Waals surface area contributed by atoms with E-state index in [4.69, 9.17) is 5.73 Å². The molecular formula is C10H20N2O2. The number of nitrogens with two attached hydrogens (primary N) is 1. The van der Waals surface area contributed by atoms with Crippen molar-refractivity contribution >= 4 is 11.8 Å². The quantitative estimate of drug-likeness (QED) is 0.728. The molecule has 14 heavy (non-hydrogen) atoms. The van der Waals surface area contributed by atoms with Gasteiger partial charge in [-0.25, -0.2) is 0 Å². The minimum Gasteiger partial charge on any atom is -0.368 e. The smallest absolute Gasteiger partial charge is 0.242 e. The van der Waals surface area contributed by atoms with Crippen LogP contribution in [-0.2, 0) is 9.59 Å². The highest BCUT2D eigenvalue weighted by molar-refractivity contribution is 5.89. The molecule has 2 amide bonds. The fourth-order valence-corrected chi connectivity index (χ4v) is 0.963. The van der Waals surface area contributed by atoms with Crippen LogP contribution in [0.3, 0.4) is 0 Å². The number of hydrogen-bond donors (Lipinski definition) is 1. The van der Waals surface area contributed by atoms with Gasteiger partial charge in [0.1, 0.15) is 5.54 Å². The zero-order valence-corrected chi connectivity index (χ0v) is 9.63. The van der Waals surface area contributed by atoms with Crippen LogP contribution in [-0.4, -0.2) is 29.3 Å². The van der Waals surface area contributed by atoms with Gasteiger partial charge in [-0.3, -0.25) is 9.59 Å². The third-order valence-corrected chi connectivity index (χ3v) is 2.40. The Morgan fingerprint density at radius 2 is 1.79 bits per heavy atom. The largest absolute Gasteiger partial charge is 0.368 e. The van der Waals surface area contributed by atoms with Gasteiger partial charge in [-0.1, -0.05) is 13.8 Å². The average Bonchev–Trinajstić information content (AvgIpc) is 2.01. The summed E-state index contributed by atoms with van der Waals surface area (Å²) in [5.41, 5.74) is 4.30. The van der Waals surface area contributed by atoms with Crippen LogP contribution in [0.4, 0.5) is 0 Å². The predicted molar refractivity (Wildman–Crippen MR) is 55.5 cm³/mol. The number of hydrogen-bond acceptors (Lipinski definition) is 2. The van der Waals surface area contributed by atoms with Gasteiger partial charge in [-0.05, 0) is 19.8 Å². The lowest BCUT2D eigenvalue weighted by atomic mass is 10.0. The number of carbonyl (C=O) groups excluding carboxylic acids is 2. The van der Waals surface area contributed by atoms with Crippen molar-refractivity contribution in [2.45, 2.75) is 39.7 Å². The van der Waals surface area contributed by atoms with E-state index in [1.807, 2.05) is 13.8 Å². The maximum Gasteiger partial charge on any atom is 0.242 e. The second kappa shape index (κ2) is 4.44. The van der Waals surface area contributed by atoms with E-state index in [0.29, 0.717) is 6.42 Å². The van der Waals surface area contributed by atoms with E-state index in [9.17, 15) is 9.59 Å². The number of amides is 2. The van der Waals surface area contributed by atoms with E-state index in [2.05, 4.69) is 0 Å². The highest BCUT2D eigenvalue weighted by Crippen LogP contribution is 2.14. The van der Waals surface area contributed by atoms with Crippen molar-refractivity contribution in [3.8, 4) is 0 Å². The molecule has 0 aliphatic heterocycles. The third-order valence-electron chi connectivity index (χ3n) is 2.40. The Morgan fingerprint density at radius 1 is 1.36 bits per heavy atom. The van der Waals surface area contributed by atoms with E-state index in [-0.39, 0.29) is 11.8 Å². The fourth-order valence-electron chi connectivity index (χ4n) is 0.963. The van der Waals surface area contributed by atoms with Crippen LogP contribution in [0.2, 0.25) is 0 Å². The molecule has 0 aromatic rings. The van der Waals surface area contributed by atoms with E-state index < -0.39 is 11.4 Å². The zero-order valence-electron chi connectivity index (χ0n) is 9.63. The molecule has 2 N–H and O–H groups in total. The van der Waals surface area contributed by atoms with Crippen molar-refractivity contribution in [1.82, 2.24) is 4.90 Å². The minimum atomic E-state index is -0.911. The van der Waals surface area contributed by atoms with E-state index in [0.717, 1.165) is 0 Å². The Hall–Kier alpha value is -1.06. The number of primary amides is 1. The van der Waals surface area contributed by atoms with Crippen LogP contribution in [0.15, 0.2) is 0 Å². The summed E-state index contributed by atoms with van der Waals surface area (Å²) in [5, 5.41) is 0. The molecule has 4 heteroatoms. The van der Waals surface area contributed by atoms with Crippen LogP contribution in [0, 0.1) is 5.92 Å². The first-order valence-electron chi connectivity index (χ1n) is 4.76. The number of carbonyl (C=O) groups is 2. The molecular weight excluding hydrogens is 180 g/mol. The summed E-state index contributed by atoms with van der Waals surface area (Å²) in [6.45, 7) is 7.22. The highest BCUT2D eigenvalue weighted by atomic mass is 16.2. The molecule has 0 aromatic heterocycles. The monoisotopic (exact) mass is 200 g/mol. The van der Waals surface area contributed by atoms with Gasteiger partial charge in [0, 0.05) is 13.5 Å². The minimum absolute atomic E-state index is 0.0520. The summed E-state index contributed by atoms with van der Waals surface area (Å²) in [4.78, 5) is 24.1. The average molecular weight is 200 g/mol. The van der Waals surface area contributed by atoms with E-state index in [1.54, 1.807) is 20.9 Å². The summed E-state index contributed by atoms with van der Waals surface area (Å²) in [6.07, 6.45) is 0.438. The Morgan fingerprint density at radius 3 is 2.07 bits per heavy atom. The molecule has 0 saturated heterocycles. The Bertz CT molecular complexity index is 234. The summed E-state index contributed by atoms with van der Waals surface area (Å²) in [7, 11) is 1.61. The van der Waals surface area contributed by atoms with Gasteiger partial charge in [0.25, 0.3) is 0 Å². The van der Waals surface area contributed by atoms with Crippen molar-refractivity contribution in [2.75, 3.05) is 7.05 Å². The second-order valence-electron chi connectivity index (χ2n) is 4.47. The van der Waals surface area contributed by atoms with Crippen LogP contribution >= 0.6 is 0 Å². The maximum atomic E-state index is 11.6. The van der Waals surface area contributed by atoms with Crippen molar-refractivity contribution < 1.29 is 9.59 Å². The molecule has 0 unspecified atom stereocenters. The van der Waals surface area contributed by atoms with Gasteiger partial charge in [0.15, 0.2) is 0 Å². The Kier molecular flexibility index (Phi) is 4.10. The van der Waals surface area contributed by atoms with Crippen molar-refractivity contribution in [1.29, 1.82) is 0 Å². The van der Waals surface area contributed by atoms with Gasteiger partial charge in [-0.15, -0.1) is 0 Å². The first-order chi connectivity index (χ1) is 6.19. The second-order valence-corrected chi connectivity index (χ2v) is 4.47. The first kappa shape index (κ1) is 12.9. The lowest BCUT2D eigenvalue weighted by Crippen LogP contribution is -2.54. The molecule has 0 rings (SSSR count). The molecule has 0 atom stereocenters. The normalized spacial score (nSPS) is 11.6. The molecule has 0 heterocycles. The molecule has 0 radical (unpaired) electrons. The lowest BCUT2D eigenvalue weighted by Gasteiger charge is -2.33. The highest BCUT2D eigenvalue weighted by Gasteiger charge is 2.33. The summed E-state index contributed by atoms with van der Waals surface area (Å²) in [5.74, 6) is -0.255. The molecule has 0 aromatic carbocycles. The van der Waals surface area contributed by atoms with Crippen LogP contribution < -0.4 is 5.73 Å². The number of rotatable bonds is 4. The Balaban J connectivity index is 4.53. The molecule has 0 spiro atoms. The summed E-state index contributed by atoms with van der Waals surface area (Å²) < 4.78 is 0. The molecule has 0 aliphatic carbocycles. The van der Waals surface area contributed by atoms with Crippen LogP contribution in [0.1, 0.15) is 34.1 Å². The van der Waals surface area contributed by atoms with Crippen molar-refractivity contribution in [3.63, 3.8) is 0 Å². The molecule has 0 aliphatic rings. The SMILES string of the molecule is CC(C)CC(=O)N(C)C(C)(C)C(N)=O. The van der Waals surface area contributed by atoms with Crippen LogP contribution in [0.5, 0.6) is 0 Å². The van der Waals surface area contributed by atoms with Crippen LogP contribution in [0.25, 0.3) is 0 Å². The van der Waals surface area contributed by atoms with Gasteiger partial charge < -0.3 is 10.6 Å². The van der Waals surface area contributed by atoms with E-state index >= 15 is 0 Å². The summed E-state index contributed by atoms with van der Waals surface area (Å²) >= 11 is 0. The molecule has 0 fully saturated rings. The standard InChI is InChI=1S/C10H20N2O2/c1-7(2)6-8(13)12(5)10(3,4)9(11)14/h7H,6H2,1-5H3,(H2,11,14). The van der Waals surface area contributed by atoms with Gasteiger partial charge in [0.2, 0.25) is 11.8 Å². The van der Waals surface area contributed by atoms with Crippen molar-refractivity contribution in [2.24, 2.45) is 11.7 Å². The number of likely N-dealkylation sites (N-methyl/N-ethyl adjacent to an activating group) is 1. The zero-order chi connectivity index (χ0) is 11.5. The summed E-state index contributed by atoms with van der Waals surface area (Å²) in [6, 6.07) is 0.